The third-order valence-electron chi connectivity index (χ3n) is 6.71. The largest absolute Gasteiger partial charge is 0.381 e. The van der Waals surface area contributed by atoms with E-state index in [0.29, 0.717) is 28.5 Å². The van der Waals surface area contributed by atoms with Crippen LogP contribution in [0.5, 0.6) is 0 Å². The van der Waals surface area contributed by atoms with Crippen molar-refractivity contribution in [3.8, 4) is 0 Å². The molecule has 254 valence electrons. The zero-order valence-electron chi connectivity index (χ0n) is 32.4. The molecule has 0 aliphatic heterocycles. The van der Waals surface area contributed by atoms with Crippen molar-refractivity contribution in [2.45, 2.75) is 188 Å². The number of hydrogen-bond donors (Lipinski definition) is 0. The van der Waals surface area contributed by atoms with Gasteiger partial charge in [0.15, 0.2) is 0 Å². The quantitative estimate of drug-likeness (QED) is 0.200. The molecule has 0 aromatic carbocycles. The van der Waals surface area contributed by atoms with E-state index in [1.807, 2.05) is 0 Å². The first-order chi connectivity index (χ1) is 18.2. The summed E-state index contributed by atoms with van der Waals surface area (Å²) in [6, 6.07) is 0. The van der Waals surface area contributed by atoms with Gasteiger partial charge < -0.3 is 18.9 Å². The normalized spacial score (nSPS) is 12.7. The van der Waals surface area contributed by atoms with Gasteiger partial charge in [-0.3, -0.25) is 0 Å². The fourth-order valence-electron chi connectivity index (χ4n) is 2.78. The number of hydrogen-bond acceptors (Lipinski definition) is 4. The monoisotopic (exact) mass is 591 g/mol. The lowest BCUT2D eigenvalue weighted by Gasteiger charge is -2.37. The van der Waals surface area contributed by atoms with Gasteiger partial charge in [0, 0.05) is 33.5 Å². The highest BCUT2D eigenvalue weighted by Gasteiger charge is 2.32. The molecular weight excluding hydrogens is 508 g/mol. The van der Waals surface area contributed by atoms with Crippen molar-refractivity contribution in [3.05, 3.63) is 0 Å². The first-order valence-electron chi connectivity index (χ1n) is 16.6. The van der Waals surface area contributed by atoms with Crippen molar-refractivity contribution in [3.63, 3.8) is 0 Å². The molecule has 0 heterocycles. The summed E-state index contributed by atoms with van der Waals surface area (Å²) in [5.41, 5.74) is 1.54. The van der Waals surface area contributed by atoms with Gasteiger partial charge in [0.1, 0.15) is 0 Å². The lowest BCUT2D eigenvalue weighted by molar-refractivity contribution is -0.0620. The molecule has 0 atom stereocenters. The Morgan fingerprint density at radius 1 is 0.488 bits per heavy atom. The molecule has 0 aliphatic rings. The Hall–Kier alpha value is -0.160. The summed E-state index contributed by atoms with van der Waals surface area (Å²) in [4.78, 5) is 0. The maximum Gasteiger partial charge on any atom is 0.0670 e. The van der Waals surface area contributed by atoms with Gasteiger partial charge in [0.05, 0.1) is 17.8 Å². The van der Waals surface area contributed by atoms with Crippen LogP contribution in [0.25, 0.3) is 0 Å². The van der Waals surface area contributed by atoms with Gasteiger partial charge in [-0.15, -0.1) is 0 Å². The van der Waals surface area contributed by atoms with Gasteiger partial charge in [-0.2, -0.15) is 0 Å². The average Bonchev–Trinajstić information content (AvgIpc) is 2.74. The summed E-state index contributed by atoms with van der Waals surface area (Å²) in [6.45, 7) is 45.2. The van der Waals surface area contributed by atoms with Gasteiger partial charge in [-0.1, -0.05) is 90.0 Å². The van der Waals surface area contributed by atoms with E-state index in [0.717, 1.165) is 39.3 Å². The molecule has 0 saturated carbocycles. The molecule has 0 aromatic heterocycles. The Bertz CT molecular complexity index is 537. The molecule has 41 heavy (non-hydrogen) atoms. The highest BCUT2D eigenvalue weighted by atomic mass is 16.5. The van der Waals surface area contributed by atoms with Crippen LogP contribution in [0, 0.1) is 21.7 Å². The lowest BCUT2D eigenvalue weighted by Crippen LogP contribution is -2.38. The smallest absolute Gasteiger partial charge is 0.0670 e. The van der Waals surface area contributed by atoms with E-state index in [1.54, 1.807) is 7.11 Å². The van der Waals surface area contributed by atoms with Gasteiger partial charge in [-0.05, 0) is 102 Å². The van der Waals surface area contributed by atoms with Crippen LogP contribution in [-0.4, -0.2) is 51.3 Å². The second-order valence-corrected chi connectivity index (χ2v) is 17.1. The van der Waals surface area contributed by atoms with Gasteiger partial charge in [-0.25, -0.2) is 0 Å². The molecule has 0 radical (unpaired) electrons. The van der Waals surface area contributed by atoms with Crippen LogP contribution < -0.4 is 0 Å². The first-order valence-corrected chi connectivity index (χ1v) is 16.6. The zero-order valence-corrected chi connectivity index (χ0v) is 32.4. The lowest BCUT2D eigenvalue weighted by atomic mass is 9.79. The number of rotatable bonds is 13. The minimum Gasteiger partial charge on any atom is -0.381 e. The van der Waals surface area contributed by atoms with Gasteiger partial charge >= 0.3 is 0 Å². The zero-order chi connectivity index (χ0) is 33.6. The molecular formula is C37H82O4. The molecule has 0 aromatic rings. The molecule has 0 saturated heterocycles. The second kappa shape index (κ2) is 24.2. The maximum atomic E-state index is 5.44. The minimum absolute atomic E-state index is 0.0208. The van der Waals surface area contributed by atoms with Crippen LogP contribution in [0.3, 0.4) is 0 Å². The van der Waals surface area contributed by atoms with E-state index in [2.05, 4.69) is 132 Å². The van der Waals surface area contributed by atoms with Gasteiger partial charge in [0.2, 0.25) is 0 Å². The molecule has 4 nitrogen and oxygen atoms in total. The fraction of sp³-hybridized carbons (Fsp3) is 1.00. The van der Waals surface area contributed by atoms with E-state index < -0.39 is 0 Å². The Kier molecular flexibility index (Phi) is 28.2. The maximum absolute atomic E-state index is 5.44. The van der Waals surface area contributed by atoms with Crippen LogP contribution in [0.15, 0.2) is 0 Å². The van der Waals surface area contributed by atoms with Crippen molar-refractivity contribution < 1.29 is 18.9 Å². The van der Waals surface area contributed by atoms with E-state index in [4.69, 9.17) is 18.9 Å². The Labute approximate surface area is 261 Å². The van der Waals surface area contributed by atoms with Crippen molar-refractivity contribution in [1.29, 1.82) is 0 Å². The third kappa shape index (κ3) is 47.0. The van der Waals surface area contributed by atoms with Crippen molar-refractivity contribution in [2.75, 3.05) is 33.5 Å². The number of methoxy groups -OCH3 is 1. The Morgan fingerprint density at radius 2 is 0.854 bits per heavy atom. The van der Waals surface area contributed by atoms with Crippen LogP contribution in [-0.2, 0) is 18.9 Å². The average molecular weight is 591 g/mol. The summed E-state index contributed by atoms with van der Waals surface area (Å²) in [5, 5.41) is 0. The van der Waals surface area contributed by atoms with E-state index in [1.165, 1.54) is 25.7 Å². The van der Waals surface area contributed by atoms with Crippen molar-refractivity contribution in [2.24, 2.45) is 21.7 Å². The summed E-state index contributed by atoms with van der Waals surface area (Å²) >= 11 is 0. The van der Waals surface area contributed by atoms with Crippen molar-refractivity contribution in [1.82, 2.24) is 0 Å². The molecule has 0 fully saturated rings. The standard InChI is InChI=1S/2C10H22O.C9H20O.C8H18O/c1-9(2)11-8-6-7-10(3,4)5;1-5-8-11-9-6-7-10(2,3)4;1-8(2)10-7-6-9(3,4)5;1-7(2,3)8(4,5)9-6/h9H,6-8H2,1-5H3;5-9H2,1-4H3;8H,6-7H2,1-5H3;1-6H3. The van der Waals surface area contributed by atoms with Crippen LogP contribution >= 0.6 is 0 Å². The van der Waals surface area contributed by atoms with Crippen LogP contribution in [0.4, 0.5) is 0 Å². The minimum atomic E-state index is -0.0208. The molecule has 0 aliphatic carbocycles. The van der Waals surface area contributed by atoms with Crippen molar-refractivity contribution >= 4 is 0 Å². The molecule has 0 spiro atoms. The second-order valence-electron chi connectivity index (χ2n) is 17.1. The molecule has 0 rings (SSSR count). The Morgan fingerprint density at radius 3 is 1.12 bits per heavy atom. The summed E-state index contributed by atoms with van der Waals surface area (Å²) in [7, 11) is 1.76. The highest BCUT2D eigenvalue weighted by molar-refractivity contribution is 4.82. The Balaban J connectivity index is -0.000000223. The van der Waals surface area contributed by atoms with E-state index in [-0.39, 0.29) is 11.0 Å². The number of ether oxygens (including phenoxy) is 4. The van der Waals surface area contributed by atoms with Gasteiger partial charge in [0.25, 0.3) is 0 Å². The molecule has 0 unspecified atom stereocenters. The van der Waals surface area contributed by atoms with Crippen LogP contribution in [0.2, 0.25) is 0 Å². The van der Waals surface area contributed by atoms with Crippen LogP contribution in [0.1, 0.15) is 170 Å². The summed E-state index contributed by atoms with van der Waals surface area (Å²) < 4.78 is 21.5. The van der Waals surface area contributed by atoms with E-state index in [9.17, 15) is 0 Å². The summed E-state index contributed by atoms with van der Waals surface area (Å²) in [6.07, 6.45) is 7.93. The predicted molar refractivity (Wildman–Crippen MR) is 185 cm³/mol. The molecule has 4 heteroatoms. The topological polar surface area (TPSA) is 36.9 Å². The highest BCUT2D eigenvalue weighted by Crippen LogP contribution is 2.31. The SMILES string of the molecule is CC(C)OCCC(C)(C)C.CC(C)OCCCC(C)(C)C.CCCOCCCC(C)(C)C.COC(C)(C)C(C)(C)C. The molecule has 0 amide bonds. The first kappa shape index (κ1) is 47.8. The van der Waals surface area contributed by atoms with E-state index >= 15 is 0 Å². The predicted octanol–water partition coefficient (Wildman–Crippen LogP) is 11.8. The molecule has 0 bridgehead atoms. The molecule has 0 N–H and O–H groups in total. The third-order valence-corrected chi connectivity index (χ3v) is 6.71. The fourth-order valence-corrected chi connectivity index (χ4v) is 2.78. The summed E-state index contributed by atoms with van der Waals surface area (Å²) in [5.74, 6) is 0.